The first-order chi connectivity index (χ1) is 15.0. The van der Waals surface area contributed by atoms with Crippen LogP contribution in [0.1, 0.15) is 21.7 Å². The normalized spacial score (nSPS) is 11.7. The molecule has 0 aliphatic carbocycles. The molecule has 4 rings (SSSR count). The number of halogens is 6. The number of hydrogen-bond donors (Lipinski definition) is 2. The maximum absolute atomic E-state index is 13.5. The van der Waals surface area contributed by atoms with E-state index in [1.807, 2.05) is 0 Å². The molecule has 11 heteroatoms. The average Bonchev–Trinajstić information content (AvgIpc) is 3.11. The number of H-pyrrole nitrogens is 1. The van der Waals surface area contributed by atoms with Gasteiger partial charge in [-0.05, 0) is 37.3 Å². The van der Waals surface area contributed by atoms with Crippen LogP contribution in [0.5, 0.6) is 0 Å². The highest BCUT2D eigenvalue weighted by atomic mass is 35.5. The van der Waals surface area contributed by atoms with Gasteiger partial charge >= 0.3 is 6.18 Å². The van der Waals surface area contributed by atoms with Gasteiger partial charge in [-0.2, -0.15) is 13.2 Å². The summed E-state index contributed by atoms with van der Waals surface area (Å²) in [5, 5.41) is 2.81. The van der Waals surface area contributed by atoms with Crippen molar-refractivity contribution in [3.8, 4) is 11.4 Å². The molecule has 0 aliphatic rings. The van der Waals surface area contributed by atoms with Gasteiger partial charge in [0.25, 0.3) is 5.91 Å². The monoisotopic (exact) mass is 466 g/mol. The van der Waals surface area contributed by atoms with E-state index in [1.54, 1.807) is 0 Å². The molecule has 0 saturated heterocycles. The second-order valence-corrected chi connectivity index (χ2v) is 7.25. The van der Waals surface area contributed by atoms with Crippen LogP contribution in [-0.2, 0) is 6.18 Å². The summed E-state index contributed by atoms with van der Waals surface area (Å²) in [6, 6.07) is 8.09. The van der Waals surface area contributed by atoms with E-state index in [4.69, 9.17) is 11.6 Å². The lowest BCUT2D eigenvalue weighted by molar-refractivity contribution is -0.141. The number of anilines is 1. The Balaban J connectivity index is 1.64. The number of amides is 1. The van der Waals surface area contributed by atoms with Crippen LogP contribution in [0.4, 0.5) is 27.6 Å². The molecular formula is C21H12ClF5N4O. The molecule has 0 spiro atoms. The first-order valence-electron chi connectivity index (χ1n) is 9.04. The number of aromatic nitrogens is 3. The van der Waals surface area contributed by atoms with E-state index in [9.17, 15) is 26.7 Å². The minimum absolute atomic E-state index is 0.0378. The smallest absolute Gasteiger partial charge is 0.338 e. The maximum atomic E-state index is 13.5. The van der Waals surface area contributed by atoms with Crippen LogP contribution in [0.3, 0.4) is 0 Å². The van der Waals surface area contributed by atoms with Gasteiger partial charge in [0.05, 0.1) is 27.3 Å². The van der Waals surface area contributed by atoms with E-state index in [0.717, 1.165) is 24.3 Å². The molecule has 5 nitrogen and oxygen atoms in total. The Hall–Kier alpha value is -3.53. The van der Waals surface area contributed by atoms with Crippen molar-refractivity contribution >= 4 is 34.2 Å². The fraction of sp³-hybridized carbons (Fsp3) is 0.0952. The molecule has 0 saturated carbocycles. The first kappa shape index (κ1) is 21.7. The predicted octanol–water partition coefficient (Wildman–Crippen LogP) is 6.14. The number of aryl methyl sites for hydroxylation is 1. The van der Waals surface area contributed by atoms with Crippen LogP contribution < -0.4 is 5.32 Å². The van der Waals surface area contributed by atoms with Crippen molar-refractivity contribution in [1.82, 2.24) is 15.0 Å². The number of carbonyl (C=O) groups is 1. The van der Waals surface area contributed by atoms with Crippen LogP contribution in [0.2, 0.25) is 5.02 Å². The number of pyridine rings is 1. The van der Waals surface area contributed by atoms with E-state index in [0.29, 0.717) is 5.56 Å². The number of rotatable bonds is 3. The Bertz CT molecular complexity index is 1330. The molecule has 1 amide bonds. The minimum atomic E-state index is -4.62. The number of carbonyl (C=O) groups excluding carboxylic acids is 1. The average molecular weight is 467 g/mol. The third-order valence-electron chi connectivity index (χ3n) is 4.62. The summed E-state index contributed by atoms with van der Waals surface area (Å²) >= 11 is 6.22. The Labute approximate surface area is 182 Å². The topological polar surface area (TPSA) is 70.7 Å². The summed E-state index contributed by atoms with van der Waals surface area (Å²) in [7, 11) is 0. The number of hydrogen-bond acceptors (Lipinski definition) is 3. The maximum Gasteiger partial charge on any atom is 0.433 e. The fourth-order valence-corrected chi connectivity index (χ4v) is 3.28. The fourth-order valence-electron chi connectivity index (χ4n) is 3.07. The van der Waals surface area contributed by atoms with Gasteiger partial charge in [-0.3, -0.25) is 4.79 Å². The number of imidazole rings is 1. The second-order valence-electron chi connectivity index (χ2n) is 6.84. The number of benzene rings is 2. The van der Waals surface area contributed by atoms with E-state index < -0.39 is 29.4 Å². The highest BCUT2D eigenvalue weighted by Gasteiger charge is 2.33. The van der Waals surface area contributed by atoms with E-state index >= 15 is 0 Å². The van der Waals surface area contributed by atoms with Gasteiger partial charge in [0.2, 0.25) is 0 Å². The highest BCUT2D eigenvalue weighted by molar-refractivity contribution is 6.33. The molecular weight excluding hydrogens is 455 g/mol. The molecule has 0 radical (unpaired) electrons. The van der Waals surface area contributed by atoms with E-state index in [2.05, 4.69) is 20.3 Å². The van der Waals surface area contributed by atoms with Gasteiger partial charge in [0.15, 0.2) is 11.6 Å². The van der Waals surface area contributed by atoms with Crippen molar-refractivity contribution in [2.24, 2.45) is 0 Å². The number of alkyl halides is 3. The van der Waals surface area contributed by atoms with E-state index in [-0.39, 0.29) is 38.8 Å². The molecule has 4 aromatic rings. The molecule has 2 aromatic carbocycles. The SMILES string of the molecule is Cc1nc(C(F)(F)F)ccc1C(=O)Nc1ccc(Cl)c(-c2nc3cc(F)c(F)cc3[nH]2)c1. The minimum Gasteiger partial charge on any atom is -0.338 e. The first-order valence-corrected chi connectivity index (χ1v) is 9.41. The number of aromatic amines is 1. The summed E-state index contributed by atoms with van der Waals surface area (Å²) in [6.45, 7) is 1.30. The molecule has 0 atom stereocenters. The largest absolute Gasteiger partial charge is 0.433 e. The summed E-state index contributed by atoms with van der Waals surface area (Å²) < 4.78 is 65.3. The van der Waals surface area contributed by atoms with Gasteiger partial charge in [0.1, 0.15) is 11.5 Å². The van der Waals surface area contributed by atoms with Gasteiger partial charge in [-0.25, -0.2) is 18.7 Å². The Kier molecular flexibility index (Phi) is 5.33. The quantitative estimate of drug-likeness (QED) is 0.356. The standard InChI is InChI=1S/C21H12ClF5N4O/c1-9-11(3-5-18(28-9)21(25,26)27)20(32)29-10-2-4-13(22)12(6-10)19-30-16-7-14(23)15(24)8-17(16)31-19/h2-8H,1H3,(H,29,32)(H,30,31). The zero-order valence-electron chi connectivity index (χ0n) is 16.1. The van der Waals surface area contributed by atoms with Crippen LogP contribution in [-0.4, -0.2) is 20.9 Å². The van der Waals surface area contributed by atoms with Crippen molar-refractivity contribution in [2.75, 3.05) is 5.32 Å². The summed E-state index contributed by atoms with van der Waals surface area (Å²) in [5.41, 5.74) is -0.197. The third-order valence-corrected chi connectivity index (χ3v) is 4.95. The van der Waals surface area contributed by atoms with Crippen LogP contribution in [0.25, 0.3) is 22.4 Å². The molecule has 0 bridgehead atoms. The summed E-state index contributed by atoms with van der Waals surface area (Å²) in [6.07, 6.45) is -4.62. The highest BCUT2D eigenvalue weighted by Crippen LogP contribution is 2.31. The van der Waals surface area contributed by atoms with Crippen molar-refractivity contribution in [1.29, 1.82) is 0 Å². The van der Waals surface area contributed by atoms with Gasteiger partial charge in [-0.15, -0.1) is 0 Å². The third kappa shape index (κ3) is 4.13. The number of fused-ring (bicyclic) bond motifs is 1. The van der Waals surface area contributed by atoms with Crippen LogP contribution >= 0.6 is 11.6 Å². The predicted molar refractivity (Wildman–Crippen MR) is 108 cm³/mol. The Morgan fingerprint density at radius 3 is 2.44 bits per heavy atom. The van der Waals surface area contributed by atoms with Crippen LogP contribution in [0.15, 0.2) is 42.5 Å². The Morgan fingerprint density at radius 2 is 1.75 bits per heavy atom. The molecule has 2 aromatic heterocycles. The van der Waals surface area contributed by atoms with Gasteiger partial charge in [0, 0.05) is 23.4 Å². The lowest BCUT2D eigenvalue weighted by Crippen LogP contribution is -2.16. The zero-order chi connectivity index (χ0) is 23.2. The van der Waals surface area contributed by atoms with Crippen LogP contribution in [0, 0.1) is 18.6 Å². The number of nitrogens with one attached hydrogen (secondary N) is 2. The lowest BCUT2D eigenvalue weighted by Gasteiger charge is -2.11. The summed E-state index contributed by atoms with van der Waals surface area (Å²) in [5.74, 6) is -2.56. The van der Waals surface area contributed by atoms with Gasteiger partial charge < -0.3 is 10.3 Å². The molecule has 32 heavy (non-hydrogen) atoms. The molecule has 0 aliphatic heterocycles. The molecule has 0 fully saturated rings. The second kappa shape index (κ2) is 7.86. The van der Waals surface area contributed by atoms with Crippen molar-refractivity contribution in [3.63, 3.8) is 0 Å². The zero-order valence-corrected chi connectivity index (χ0v) is 16.9. The number of nitrogens with zero attached hydrogens (tertiary/aromatic N) is 2. The Morgan fingerprint density at radius 1 is 1.03 bits per heavy atom. The lowest BCUT2D eigenvalue weighted by atomic mass is 10.1. The van der Waals surface area contributed by atoms with Crippen molar-refractivity contribution < 1.29 is 26.7 Å². The van der Waals surface area contributed by atoms with Gasteiger partial charge in [-0.1, -0.05) is 11.6 Å². The van der Waals surface area contributed by atoms with E-state index in [1.165, 1.54) is 25.1 Å². The van der Waals surface area contributed by atoms with Crippen molar-refractivity contribution in [2.45, 2.75) is 13.1 Å². The molecule has 164 valence electrons. The van der Waals surface area contributed by atoms with Crippen molar-refractivity contribution in [3.05, 3.63) is 76.1 Å². The molecule has 0 unspecified atom stereocenters. The molecule has 2 N–H and O–H groups in total. The summed E-state index contributed by atoms with van der Waals surface area (Å²) in [4.78, 5) is 23.0. The molecule has 2 heterocycles.